The van der Waals surface area contributed by atoms with Crippen LogP contribution in [0.25, 0.3) is 0 Å². The molecule has 1 aliphatic rings. The second-order valence-corrected chi connectivity index (χ2v) is 7.78. The van der Waals surface area contributed by atoms with E-state index < -0.39 is 29.5 Å². The van der Waals surface area contributed by atoms with E-state index in [-0.39, 0.29) is 17.3 Å². The van der Waals surface area contributed by atoms with Crippen molar-refractivity contribution in [1.82, 2.24) is 4.90 Å². The minimum Gasteiger partial charge on any atom is -0.508 e. The first-order valence-electron chi connectivity index (χ1n) is 8.98. The summed E-state index contributed by atoms with van der Waals surface area (Å²) in [7, 11) is 0. The molecule has 0 aromatic heterocycles. The molecule has 29 heavy (non-hydrogen) atoms. The van der Waals surface area contributed by atoms with Gasteiger partial charge < -0.3 is 9.84 Å². The number of aliphatic imine (C=N–C) groups is 1. The molecule has 0 aliphatic carbocycles. The Bertz CT molecular complexity index is 961. The fourth-order valence-electron chi connectivity index (χ4n) is 3.03. The van der Waals surface area contributed by atoms with Gasteiger partial charge in [0.2, 0.25) is 0 Å². The minimum absolute atomic E-state index is 0.0155. The average Bonchev–Trinajstić information content (AvgIpc) is 2.59. The predicted octanol–water partition coefficient (Wildman–Crippen LogP) is 5.80. The van der Waals surface area contributed by atoms with Gasteiger partial charge in [0.25, 0.3) is 0 Å². The van der Waals surface area contributed by atoms with Crippen LogP contribution in [-0.4, -0.2) is 27.5 Å². The number of alkyl halides is 3. The number of aromatic hydroxyl groups is 1. The minimum atomic E-state index is -4.51. The predicted molar refractivity (Wildman–Crippen MR) is 102 cm³/mol. The summed E-state index contributed by atoms with van der Waals surface area (Å²) in [5.41, 5.74) is -0.509. The summed E-state index contributed by atoms with van der Waals surface area (Å²) < 4.78 is 44.9. The van der Waals surface area contributed by atoms with Crippen molar-refractivity contribution in [2.75, 3.05) is 0 Å². The van der Waals surface area contributed by atoms with E-state index in [1.807, 2.05) is 0 Å². The zero-order valence-corrected chi connectivity index (χ0v) is 16.4. The number of hydrogen-bond donors (Lipinski definition) is 1. The highest BCUT2D eigenvalue weighted by molar-refractivity contribution is 6.09. The summed E-state index contributed by atoms with van der Waals surface area (Å²) in [6, 6.07) is 8.57. The van der Waals surface area contributed by atoms with Crippen LogP contribution in [-0.2, 0) is 10.9 Å². The van der Waals surface area contributed by atoms with Gasteiger partial charge in [-0.25, -0.2) is 9.79 Å². The van der Waals surface area contributed by atoms with Gasteiger partial charge in [-0.3, -0.25) is 4.90 Å². The van der Waals surface area contributed by atoms with Crippen LogP contribution in [0.2, 0.25) is 0 Å². The Morgan fingerprint density at radius 3 is 2.28 bits per heavy atom. The van der Waals surface area contributed by atoms with Gasteiger partial charge in [0.15, 0.2) is 0 Å². The number of ether oxygens (including phenoxy) is 1. The topological polar surface area (TPSA) is 62.1 Å². The molecule has 1 unspecified atom stereocenters. The van der Waals surface area contributed by atoms with Crippen LogP contribution in [0, 0.1) is 0 Å². The molecule has 2 aromatic rings. The van der Waals surface area contributed by atoms with Gasteiger partial charge in [0, 0.05) is 11.1 Å². The molecule has 1 heterocycles. The summed E-state index contributed by atoms with van der Waals surface area (Å²) in [6.45, 7) is 6.87. The van der Waals surface area contributed by atoms with Crippen molar-refractivity contribution in [1.29, 1.82) is 0 Å². The maximum absolute atomic E-state index is 13.1. The average molecular weight is 406 g/mol. The molecule has 0 radical (unpaired) electrons. The van der Waals surface area contributed by atoms with Gasteiger partial charge in [0.05, 0.1) is 17.3 Å². The van der Waals surface area contributed by atoms with E-state index in [4.69, 9.17) is 4.74 Å². The van der Waals surface area contributed by atoms with Crippen LogP contribution in [0.5, 0.6) is 5.75 Å². The zero-order valence-electron chi connectivity index (χ0n) is 16.4. The van der Waals surface area contributed by atoms with Gasteiger partial charge in [-0.15, -0.1) is 0 Å². The van der Waals surface area contributed by atoms with Crippen molar-refractivity contribution in [2.45, 2.75) is 45.5 Å². The summed E-state index contributed by atoms with van der Waals surface area (Å²) in [5.74, 6) is 0.167. The molecule has 2 aromatic carbocycles. The molecule has 0 saturated carbocycles. The number of carbonyl (C=O) groups is 1. The SMILES string of the molecule is CC1c2ccc(C(F)(F)F)cc2N=C(c2ccc(O)cc2)N1C(=O)OC(C)(C)C. The summed E-state index contributed by atoms with van der Waals surface area (Å²) >= 11 is 0. The molecular weight excluding hydrogens is 385 g/mol. The fourth-order valence-corrected chi connectivity index (χ4v) is 3.03. The van der Waals surface area contributed by atoms with E-state index in [2.05, 4.69) is 4.99 Å². The van der Waals surface area contributed by atoms with E-state index in [1.165, 1.54) is 35.2 Å². The van der Waals surface area contributed by atoms with Crippen LogP contribution < -0.4 is 0 Å². The van der Waals surface area contributed by atoms with Gasteiger partial charge in [-0.05, 0) is 64.1 Å². The molecule has 1 aliphatic heterocycles. The standard InChI is InChI=1S/C21H21F3N2O3/c1-12-16-10-7-14(21(22,23)24)11-17(16)25-18(13-5-8-15(27)9-6-13)26(12)19(28)29-20(2,3)4/h5-12,27H,1-4H3. The Balaban J connectivity index is 2.15. The number of phenolic OH excluding ortho intramolecular Hbond substituents is 1. The smallest absolute Gasteiger partial charge is 0.416 e. The first-order valence-corrected chi connectivity index (χ1v) is 8.98. The third kappa shape index (κ3) is 4.36. The number of rotatable bonds is 1. The van der Waals surface area contributed by atoms with Crippen molar-refractivity contribution in [3.05, 3.63) is 59.2 Å². The summed E-state index contributed by atoms with van der Waals surface area (Å²) in [5, 5.41) is 9.55. The van der Waals surface area contributed by atoms with Gasteiger partial charge in [-0.1, -0.05) is 6.07 Å². The molecule has 0 fully saturated rings. The first kappa shape index (κ1) is 20.7. The van der Waals surface area contributed by atoms with Crippen molar-refractivity contribution >= 4 is 17.6 Å². The quantitative estimate of drug-likeness (QED) is 0.651. The Labute approximate surface area is 166 Å². The van der Waals surface area contributed by atoms with Gasteiger partial charge in [-0.2, -0.15) is 13.2 Å². The third-order valence-corrected chi connectivity index (χ3v) is 4.37. The maximum atomic E-state index is 13.1. The van der Waals surface area contributed by atoms with Gasteiger partial charge in [0.1, 0.15) is 17.2 Å². The highest BCUT2D eigenvalue weighted by atomic mass is 19.4. The van der Waals surface area contributed by atoms with E-state index >= 15 is 0 Å². The fraction of sp³-hybridized carbons (Fsp3) is 0.333. The van der Waals surface area contributed by atoms with Crippen LogP contribution >= 0.6 is 0 Å². The van der Waals surface area contributed by atoms with Crippen LogP contribution in [0.1, 0.15) is 50.4 Å². The van der Waals surface area contributed by atoms with Crippen molar-refractivity contribution in [3.8, 4) is 5.75 Å². The summed E-state index contributed by atoms with van der Waals surface area (Å²) in [6.07, 6.45) is -5.17. The van der Waals surface area contributed by atoms with Gasteiger partial charge >= 0.3 is 12.3 Å². The van der Waals surface area contributed by atoms with Crippen molar-refractivity contribution < 1.29 is 27.8 Å². The molecule has 0 saturated heterocycles. The van der Waals surface area contributed by atoms with E-state index in [1.54, 1.807) is 27.7 Å². The number of halogens is 3. The lowest BCUT2D eigenvalue weighted by molar-refractivity contribution is -0.137. The van der Waals surface area contributed by atoms with Crippen LogP contribution in [0.3, 0.4) is 0 Å². The Morgan fingerprint density at radius 1 is 1.10 bits per heavy atom. The molecule has 5 nitrogen and oxygen atoms in total. The lowest BCUT2D eigenvalue weighted by Gasteiger charge is -2.36. The van der Waals surface area contributed by atoms with E-state index in [0.717, 1.165) is 12.1 Å². The maximum Gasteiger partial charge on any atom is 0.416 e. The lowest BCUT2D eigenvalue weighted by Crippen LogP contribution is -2.44. The highest BCUT2D eigenvalue weighted by Crippen LogP contribution is 2.40. The van der Waals surface area contributed by atoms with E-state index in [9.17, 15) is 23.1 Å². The molecule has 154 valence electrons. The third-order valence-electron chi connectivity index (χ3n) is 4.37. The number of phenols is 1. The Hall–Kier alpha value is -3.03. The number of fused-ring (bicyclic) bond motifs is 1. The summed E-state index contributed by atoms with van der Waals surface area (Å²) in [4.78, 5) is 18.6. The van der Waals surface area contributed by atoms with E-state index in [0.29, 0.717) is 11.1 Å². The normalized spacial score (nSPS) is 16.9. The number of nitrogens with zero attached hydrogens (tertiary/aromatic N) is 2. The largest absolute Gasteiger partial charge is 0.508 e. The molecule has 1 amide bonds. The molecule has 1 N–H and O–H groups in total. The zero-order chi connectivity index (χ0) is 21.6. The number of amides is 1. The second-order valence-electron chi connectivity index (χ2n) is 7.78. The molecule has 1 atom stereocenters. The van der Waals surface area contributed by atoms with Crippen LogP contribution in [0.4, 0.5) is 23.7 Å². The number of hydrogen-bond acceptors (Lipinski definition) is 4. The molecular formula is C21H21F3N2O3. The van der Waals surface area contributed by atoms with Crippen molar-refractivity contribution in [3.63, 3.8) is 0 Å². The Morgan fingerprint density at radius 2 is 1.72 bits per heavy atom. The monoisotopic (exact) mass is 406 g/mol. The molecule has 0 bridgehead atoms. The number of carbonyl (C=O) groups excluding carboxylic acids is 1. The lowest BCUT2D eigenvalue weighted by atomic mass is 9.98. The Kier molecular flexibility index (Phi) is 5.06. The van der Waals surface area contributed by atoms with Crippen LogP contribution in [0.15, 0.2) is 47.5 Å². The number of benzene rings is 2. The van der Waals surface area contributed by atoms with Crippen molar-refractivity contribution in [2.24, 2.45) is 4.99 Å². The highest BCUT2D eigenvalue weighted by Gasteiger charge is 2.37. The molecule has 3 rings (SSSR count). The number of amidine groups is 1. The first-order chi connectivity index (χ1) is 13.4. The molecule has 0 spiro atoms. The second kappa shape index (κ2) is 7.09. The molecule has 8 heteroatoms.